The monoisotopic (exact) mass is 402 g/mol. The Morgan fingerprint density at radius 3 is 1.48 bits per heavy atom. The van der Waals surface area contributed by atoms with E-state index in [2.05, 4.69) is 0 Å². The summed E-state index contributed by atoms with van der Waals surface area (Å²) < 4.78 is 0. The number of carboxylic acid groups (broad SMARTS) is 2. The molecule has 0 saturated heterocycles. The Labute approximate surface area is 171 Å². The fraction of sp³-hybridized carbons (Fsp3) is 0.391. The van der Waals surface area contributed by atoms with Crippen LogP contribution in [0.4, 0.5) is 0 Å². The predicted octanol–water partition coefficient (Wildman–Crippen LogP) is 4.08. The Hall–Kier alpha value is -2.70. The maximum Gasteiger partial charge on any atom is 0.335 e. The lowest BCUT2D eigenvalue weighted by Gasteiger charge is -2.18. The molecule has 6 nitrogen and oxygen atoms in total. The molecule has 6 heteroatoms. The van der Waals surface area contributed by atoms with E-state index in [0.29, 0.717) is 23.5 Å². The summed E-state index contributed by atoms with van der Waals surface area (Å²) >= 11 is 0. The molecule has 3 rings (SSSR count). The molecule has 1 aliphatic carbocycles. The number of aliphatic hydroxyl groups excluding tert-OH is 2. The third-order valence-corrected chi connectivity index (χ3v) is 4.57. The number of hydrogen-bond acceptors (Lipinski definition) is 4. The molecule has 4 N–H and O–H groups in total. The molecular formula is C23H30O6. The summed E-state index contributed by atoms with van der Waals surface area (Å²) in [5.41, 5.74) is 0.662. The average molecular weight is 402 g/mol. The Bertz CT molecular complexity index is 659. The van der Waals surface area contributed by atoms with Crippen LogP contribution in [0.1, 0.15) is 59.7 Å². The second-order valence-electron chi connectivity index (χ2n) is 7.04. The largest absolute Gasteiger partial charge is 0.478 e. The van der Waals surface area contributed by atoms with E-state index in [1.807, 2.05) is 0 Å². The number of aromatic carboxylic acids is 2. The highest BCUT2D eigenvalue weighted by Crippen LogP contribution is 2.29. The summed E-state index contributed by atoms with van der Waals surface area (Å²) in [5.74, 6) is -1.30. The van der Waals surface area contributed by atoms with Crippen LogP contribution in [0.3, 0.4) is 0 Å². The average Bonchev–Trinajstić information content (AvgIpc) is 3.25. The van der Waals surface area contributed by atoms with Gasteiger partial charge in [-0.1, -0.05) is 49.2 Å². The van der Waals surface area contributed by atoms with Crippen LogP contribution >= 0.6 is 0 Å². The Morgan fingerprint density at radius 2 is 1.21 bits per heavy atom. The molecular weight excluding hydrogens is 372 g/mol. The van der Waals surface area contributed by atoms with Gasteiger partial charge in [0, 0.05) is 0 Å². The van der Waals surface area contributed by atoms with E-state index < -0.39 is 11.9 Å². The van der Waals surface area contributed by atoms with Crippen LogP contribution in [0, 0.1) is 5.92 Å². The first-order valence-electron chi connectivity index (χ1n) is 9.74. The standard InChI is InChI=1S/C9H18O2.2C7H6O2/c1-7(10)6-9(11)8-4-2-3-5-8;2*8-7(9)6-4-2-1-3-5-6/h7-11H,2-6H2,1H3;2*1-5H,(H,8,9). The summed E-state index contributed by atoms with van der Waals surface area (Å²) in [5, 5.41) is 35.4. The number of rotatable bonds is 5. The highest BCUT2D eigenvalue weighted by Gasteiger charge is 2.23. The molecule has 1 saturated carbocycles. The lowest BCUT2D eigenvalue weighted by Crippen LogP contribution is -2.22. The molecule has 158 valence electrons. The van der Waals surface area contributed by atoms with Crippen molar-refractivity contribution in [3.05, 3.63) is 71.8 Å². The minimum Gasteiger partial charge on any atom is -0.478 e. The van der Waals surface area contributed by atoms with Crippen LogP contribution in [-0.2, 0) is 0 Å². The first-order valence-corrected chi connectivity index (χ1v) is 9.74. The Morgan fingerprint density at radius 1 is 0.828 bits per heavy atom. The van der Waals surface area contributed by atoms with E-state index in [9.17, 15) is 14.7 Å². The van der Waals surface area contributed by atoms with Gasteiger partial charge in [-0.05, 0) is 56.4 Å². The smallest absolute Gasteiger partial charge is 0.335 e. The van der Waals surface area contributed by atoms with E-state index in [1.165, 1.54) is 12.8 Å². The van der Waals surface area contributed by atoms with Crippen molar-refractivity contribution < 1.29 is 30.0 Å². The number of carboxylic acids is 2. The molecule has 1 aliphatic rings. The molecule has 0 heterocycles. The van der Waals surface area contributed by atoms with Crippen molar-refractivity contribution in [1.82, 2.24) is 0 Å². The minimum atomic E-state index is -0.879. The predicted molar refractivity (Wildman–Crippen MR) is 111 cm³/mol. The molecule has 2 aromatic carbocycles. The van der Waals surface area contributed by atoms with Crippen LogP contribution in [0.5, 0.6) is 0 Å². The maximum absolute atomic E-state index is 10.2. The third-order valence-electron chi connectivity index (χ3n) is 4.57. The van der Waals surface area contributed by atoms with Gasteiger partial charge >= 0.3 is 11.9 Å². The number of benzene rings is 2. The Kier molecular flexibility index (Phi) is 11.3. The zero-order valence-corrected chi connectivity index (χ0v) is 16.6. The van der Waals surface area contributed by atoms with Gasteiger partial charge in [0.2, 0.25) is 0 Å². The topological polar surface area (TPSA) is 115 Å². The Balaban J connectivity index is 0.000000219. The third kappa shape index (κ3) is 10.4. The summed E-state index contributed by atoms with van der Waals surface area (Å²) in [6.07, 6.45) is 4.72. The van der Waals surface area contributed by atoms with E-state index in [-0.39, 0.29) is 12.2 Å². The lowest BCUT2D eigenvalue weighted by molar-refractivity contribution is 0.0523. The van der Waals surface area contributed by atoms with Crippen LogP contribution in [0.15, 0.2) is 60.7 Å². The van der Waals surface area contributed by atoms with Crippen molar-refractivity contribution >= 4 is 11.9 Å². The van der Waals surface area contributed by atoms with Gasteiger partial charge in [0.25, 0.3) is 0 Å². The van der Waals surface area contributed by atoms with E-state index in [4.69, 9.17) is 15.3 Å². The molecule has 0 bridgehead atoms. The van der Waals surface area contributed by atoms with Gasteiger partial charge in [-0.15, -0.1) is 0 Å². The fourth-order valence-corrected chi connectivity index (χ4v) is 3.05. The number of aliphatic hydroxyl groups is 2. The zero-order valence-electron chi connectivity index (χ0n) is 16.6. The van der Waals surface area contributed by atoms with Crippen LogP contribution in [0.2, 0.25) is 0 Å². The lowest BCUT2D eigenvalue weighted by atomic mass is 9.96. The highest BCUT2D eigenvalue weighted by molar-refractivity contribution is 5.87. The zero-order chi connectivity index (χ0) is 21.6. The van der Waals surface area contributed by atoms with E-state index >= 15 is 0 Å². The SMILES string of the molecule is CC(O)CC(O)C1CCCC1.O=C(O)c1ccccc1.O=C(O)c1ccccc1. The van der Waals surface area contributed by atoms with Gasteiger partial charge in [0.1, 0.15) is 0 Å². The quantitative estimate of drug-likeness (QED) is 0.599. The number of carbonyl (C=O) groups is 2. The van der Waals surface area contributed by atoms with Crippen molar-refractivity contribution in [3.63, 3.8) is 0 Å². The van der Waals surface area contributed by atoms with Crippen molar-refractivity contribution in [2.45, 2.75) is 51.2 Å². The van der Waals surface area contributed by atoms with E-state index in [0.717, 1.165) is 12.8 Å². The van der Waals surface area contributed by atoms with Crippen molar-refractivity contribution in [2.75, 3.05) is 0 Å². The molecule has 0 spiro atoms. The summed E-state index contributed by atoms with van der Waals surface area (Å²) in [6.45, 7) is 1.73. The van der Waals surface area contributed by atoms with Crippen molar-refractivity contribution in [1.29, 1.82) is 0 Å². The molecule has 2 aromatic rings. The van der Waals surface area contributed by atoms with E-state index in [1.54, 1.807) is 67.6 Å². The summed E-state index contributed by atoms with van der Waals surface area (Å²) in [7, 11) is 0. The van der Waals surface area contributed by atoms with Gasteiger partial charge < -0.3 is 20.4 Å². The molecule has 2 unspecified atom stereocenters. The van der Waals surface area contributed by atoms with Gasteiger partial charge in [0.05, 0.1) is 23.3 Å². The molecule has 1 fully saturated rings. The minimum absolute atomic E-state index is 0.266. The molecule has 0 amide bonds. The van der Waals surface area contributed by atoms with Gasteiger partial charge in [-0.2, -0.15) is 0 Å². The van der Waals surface area contributed by atoms with Crippen molar-refractivity contribution in [2.24, 2.45) is 5.92 Å². The highest BCUT2D eigenvalue weighted by atomic mass is 16.4. The normalized spacial score (nSPS) is 15.1. The first kappa shape index (κ1) is 24.3. The van der Waals surface area contributed by atoms with Crippen LogP contribution < -0.4 is 0 Å². The first-order chi connectivity index (χ1) is 13.8. The second kappa shape index (κ2) is 13.5. The maximum atomic E-state index is 10.2. The number of hydrogen-bond donors (Lipinski definition) is 4. The van der Waals surface area contributed by atoms with Crippen LogP contribution in [-0.4, -0.2) is 44.6 Å². The molecule has 2 atom stereocenters. The van der Waals surface area contributed by atoms with Crippen LogP contribution in [0.25, 0.3) is 0 Å². The molecule has 0 aromatic heterocycles. The summed E-state index contributed by atoms with van der Waals surface area (Å²) in [4.78, 5) is 20.4. The van der Waals surface area contributed by atoms with Gasteiger partial charge in [0.15, 0.2) is 0 Å². The molecule has 29 heavy (non-hydrogen) atoms. The molecule has 0 aliphatic heterocycles. The van der Waals surface area contributed by atoms with Crippen molar-refractivity contribution in [3.8, 4) is 0 Å². The molecule has 0 radical (unpaired) electrons. The van der Waals surface area contributed by atoms with Gasteiger partial charge in [-0.3, -0.25) is 0 Å². The van der Waals surface area contributed by atoms with Gasteiger partial charge in [-0.25, -0.2) is 9.59 Å². The summed E-state index contributed by atoms with van der Waals surface area (Å²) in [6, 6.07) is 16.6. The second-order valence-corrected chi connectivity index (χ2v) is 7.04. The fourth-order valence-electron chi connectivity index (χ4n) is 3.05.